The Labute approximate surface area is 166 Å². The highest BCUT2D eigenvalue weighted by atomic mass is 32.2. The van der Waals surface area contributed by atoms with Crippen LogP contribution in [-0.2, 0) is 4.74 Å². The molecule has 0 aliphatic carbocycles. The van der Waals surface area contributed by atoms with Gasteiger partial charge in [-0.2, -0.15) is 0 Å². The van der Waals surface area contributed by atoms with Crippen LogP contribution in [0.25, 0.3) is 21.1 Å². The molecule has 0 amide bonds. The van der Waals surface area contributed by atoms with Crippen molar-refractivity contribution in [1.82, 2.24) is 9.97 Å². The van der Waals surface area contributed by atoms with Gasteiger partial charge in [-0.25, -0.2) is 4.98 Å². The van der Waals surface area contributed by atoms with E-state index in [1.54, 1.807) is 11.3 Å². The summed E-state index contributed by atoms with van der Waals surface area (Å²) in [5.74, 6) is 0. The molecule has 1 fully saturated rings. The molecule has 2 aromatic heterocycles. The summed E-state index contributed by atoms with van der Waals surface area (Å²) in [5.41, 5.74) is 6.00. The van der Waals surface area contributed by atoms with Gasteiger partial charge in [-0.05, 0) is 55.8 Å². The zero-order valence-electron chi connectivity index (χ0n) is 14.9. The largest absolute Gasteiger partial charge is 0.377 e. The molecule has 2 atom stereocenters. The molecule has 27 heavy (non-hydrogen) atoms. The highest BCUT2D eigenvalue weighted by molar-refractivity contribution is 8.00. The lowest BCUT2D eigenvalue weighted by molar-refractivity contribution is 0.127. The van der Waals surface area contributed by atoms with Crippen LogP contribution >= 0.6 is 23.1 Å². The van der Waals surface area contributed by atoms with E-state index in [2.05, 4.69) is 58.6 Å². The van der Waals surface area contributed by atoms with Crippen LogP contribution in [0.4, 0.5) is 11.4 Å². The Hall–Kier alpha value is -2.15. The molecule has 1 saturated heterocycles. The average Bonchev–Trinajstić information content (AvgIpc) is 3.31. The molecular formula is C21H19N3OS2. The molecule has 0 saturated carbocycles. The predicted octanol–water partition coefficient (Wildman–Crippen LogP) is 5.86. The molecule has 6 heteroatoms. The molecule has 0 radical (unpaired) electrons. The van der Waals surface area contributed by atoms with Gasteiger partial charge in [0.2, 0.25) is 0 Å². The topological polar surface area (TPSA) is 47.0 Å². The van der Waals surface area contributed by atoms with Crippen molar-refractivity contribution < 1.29 is 4.74 Å². The van der Waals surface area contributed by atoms with Crippen molar-refractivity contribution in [3.63, 3.8) is 0 Å². The van der Waals surface area contributed by atoms with Crippen LogP contribution in [-0.4, -0.2) is 27.9 Å². The number of pyridine rings is 1. The first-order chi connectivity index (χ1) is 13.3. The van der Waals surface area contributed by atoms with Crippen molar-refractivity contribution in [2.45, 2.75) is 29.6 Å². The van der Waals surface area contributed by atoms with Crippen molar-refractivity contribution in [1.29, 1.82) is 0 Å². The van der Waals surface area contributed by atoms with E-state index in [1.807, 2.05) is 29.5 Å². The maximum atomic E-state index is 5.71. The monoisotopic (exact) mass is 393 g/mol. The molecule has 2 unspecified atom stereocenters. The van der Waals surface area contributed by atoms with Crippen LogP contribution < -0.4 is 5.32 Å². The fraction of sp³-hybridized carbons (Fsp3) is 0.238. The maximum Gasteiger partial charge on any atom is 0.0832 e. The van der Waals surface area contributed by atoms with Gasteiger partial charge in [0.05, 0.1) is 27.3 Å². The van der Waals surface area contributed by atoms with Crippen molar-refractivity contribution >= 4 is 55.6 Å². The first-order valence-corrected chi connectivity index (χ1v) is 10.8. The van der Waals surface area contributed by atoms with E-state index in [9.17, 15) is 0 Å². The van der Waals surface area contributed by atoms with Gasteiger partial charge in [-0.3, -0.25) is 4.98 Å². The molecule has 1 aliphatic rings. The van der Waals surface area contributed by atoms with Crippen LogP contribution in [0, 0.1) is 0 Å². The zero-order valence-corrected chi connectivity index (χ0v) is 16.5. The van der Waals surface area contributed by atoms with Crippen LogP contribution in [0.1, 0.15) is 13.3 Å². The average molecular weight is 394 g/mol. The zero-order chi connectivity index (χ0) is 18.2. The number of aromatic nitrogens is 2. The summed E-state index contributed by atoms with van der Waals surface area (Å²) in [7, 11) is 0. The van der Waals surface area contributed by atoms with E-state index in [1.165, 1.54) is 9.60 Å². The third-order valence-corrected chi connectivity index (χ3v) is 7.17. The summed E-state index contributed by atoms with van der Waals surface area (Å²) in [4.78, 5) is 10.2. The summed E-state index contributed by atoms with van der Waals surface area (Å²) in [6.07, 6.45) is 3.27. The second-order valence-electron chi connectivity index (χ2n) is 6.72. The van der Waals surface area contributed by atoms with E-state index in [-0.39, 0.29) is 0 Å². The highest BCUT2D eigenvalue weighted by Crippen LogP contribution is 2.35. The molecule has 5 rings (SSSR count). The number of thioether (sulfide) groups is 1. The molecule has 2 aromatic carbocycles. The second kappa shape index (κ2) is 7.11. The predicted molar refractivity (Wildman–Crippen MR) is 114 cm³/mol. The standard InChI is InChI=1S/C21H19N3OS2/c1-13-20(7-9-25-13)27-15-3-4-17-16(11-15)18(6-8-22-17)24-14-2-5-21-19(10-14)23-12-26-21/h2-6,8,10-13,20H,7,9H2,1H3,(H,22,24). The minimum absolute atomic E-state index is 0.307. The molecule has 1 aliphatic heterocycles. The fourth-order valence-corrected chi connectivity index (χ4v) is 5.27. The van der Waals surface area contributed by atoms with Crippen LogP contribution in [0.5, 0.6) is 0 Å². The first kappa shape index (κ1) is 17.0. The number of nitrogens with one attached hydrogen (secondary N) is 1. The Balaban J connectivity index is 1.48. The maximum absolute atomic E-state index is 5.71. The minimum Gasteiger partial charge on any atom is -0.377 e. The fourth-order valence-electron chi connectivity index (χ4n) is 3.44. The normalized spacial score (nSPS) is 19.7. The number of benzene rings is 2. The van der Waals surface area contributed by atoms with Gasteiger partial charge >= 0.3 is 0 Å². The summed E-state index contributed by atoms with van der Waals surface area (Å²) in [6, 6.07) is 14.8. The molecule has 4 aromatic rings. The van der Waals surface area contributed by atoms with Crippen molar-refractivity contribution in [2.24, 2.45) is 0 Å². The van der Waals surface area contributed by atoms with E-state index < -0.39 is 0 Å². The van der Waals surface area contributed by atoms with Crippen LogP contribution in [0.2, 0.25) is 0 Å². The first-order valence-electron chi connectivity index (χ1n) is 9.03. The second-order valence-corrected chi connectivity index (χ2v) is 8.92. The Morgan fingerprint density at radius 2 is 2.07 bits per heavy atom. The number of fused-ring (bicyclic) bond motifs is 2. The van der Waals surface area contributed by atoms with Gasteiger partial charge in [-0.15, -0.1) is 23.1 Å². The van der Waals surface area contributed by atoms with Crippen molar-refractivity contribution in [2.75, 3.05) is 11.9 Å². The highest BCUT2D eigenvalue weighted by Gasteiger charge is 2.25. The van der Waals surface area contributed by atoms with Gasteiger partial charge in [0.25, 0.3) is 0 Å². The van der Waals surface area contributed by atoms with Crippen LogP contribution in [0.3, 0.4) is 0 Å². The summed E-state index contributed by atoms with van der Waals surface area (Å²) in [6.45, 7) is 3.02. The smallest absolute Gasteiger partial charge is 0.0832 e. The van der Waals surface area contributed by atoms with Gasteiger partial charge in [0, 0.05) is 39.7 Å². The molecular weight excluding hydrogens is 374 g/mol. The molecule has 3 heterocycles. The summed E-state index contributed by atoms with van der Waals surface area (Å²) < 4.78 is 6.91. The Morgan fingerprint density at radius 1 is 1.11 bits per heavy atom. The summed E-state index contributed by atoms with van der Waals surface area (Å²) in [5, 5.41) is 5.20. The Bertz CT molecular complexity index is 1110. The molecule has 1 N–H and O–H groups in total. The number of anilines is 2. The van der Waals surface area contributed by atoms with Crippen molar-refractivity contribution in [3.8, 4) is 0 Å². The SMILES string of the molecule is CC1OCCC1Sc1ccc2nccc(Nc3ccc4scnc4c3)c2c1. The quantitative estimate of drug-likeness (QED) is 0.471. The third kappa shape index (κ3) is 3.40. The van der Waals surface area contributed by atoms with Crippen LogP contribution in [0.15, 0.2) is 59.1 Å². The van der Waals surface area contributed by atoms with Gasteiger partial charge in [-0.1, -0.05) is 0 Å². The number of ether oxygens (including phenoxy) is 1. The number of thiazole rings is 1. The lowest BCUT2D eigenvalue weighted by atomic mass is 10.2. The molecule has 4 nitrogen and oxygen atoms in total. The van der Waals surface area contributed by atoms with E-state index in [0.29, 0.717) is 11.4 Å². The Kier molecular flexibility index (Phi) is 4.47. The van der Waals surface area contributed by atoms with E-state index in [4.69, 9.17) is 4.74 Å². The minimum atomic E-state index is 0.307. The third-order valence-electron chi connectivity index (χ3n) is 4.92. The molecule has 136 valence electrons. The van der Waals surface area contributed by atoms with Gasteiger partial charge < -0.3 is 10.1 Å². The lowest BCUT2D eigenvalue weighted by Crippen LogP contribution is -2.12. The van der Waals surface area contributed by atoms with E-state index >= 15 is 0 Å². The summed E-state index contributed by atoms with van der Waals surface area (Å²) >= 11 is 3.56. The number of rotatable bonds is 4. The lowest BCUT2D eigenvalue weighted by Gasteiger charge is -2.15. The van der Waals surface area contributed by atoms with E-state index in [0.717, 1.165) is 40.8 Å². The molecule has 0 spiro atoms. The van der Waals surface area contributed by atoms with Gasteiger partial charge in [0.15, 0.2) is 0 Å². The van der Waals surface area contributed by atoms with Crippen molar-refractivity contribution in [3.05, 3.63) is 54.2 Å². The molecule has 0 bridgehead atoms. The van der Waals surface area contributed by atoms with Gasteiger partial charge in [0.1, 0.15) is 0 Å². The Morgan fingerprint density at radius 3 is 2.96 bits per heavy atom. The number of hydrogen-bond donors (Lipinski definition) is 1. The number of nitrogens with zero attached hydrogens (tertiary/aromatic N) is 2. The number of hydrogen-bond acceptors (Lipinski definition) is 6.